The second kappa shape index (κ2) is 7.17. The number of carbonyl (C=O) groups is 2. The van der Waals surface area contributed by atoms with Gasteiger partial charge in [0.05, 0.1) is 16.3 Å². The average molecular weight is 318 g/mol. The van der Waals surface area contributed by atoms with E-state index in [1.54, 1.807) is 23.5 Å². The molecule has 0 bridgehead atoms. The number of aromatic nitrogens is 1. The number of nitrogens with one attached hydrogen (secondary N) is 1. The summed E-state index contributed by atoms with van der Waals surface area (Å²) in [5.41, 5.74) is 1.42. The van der Waals surface area contributed by atoms with Crippen LogP contribution in [-0.2, 0) is 6.42 Å². The van der Waals surface area contributed by atoms with E-state index in [9.17, 15) is 9.59 Å². The number of thiazole rings is 1. The topological polar surface area (TPSA) is 79.3 Å². The van der Waals surface area contributed by atoms with Crippen molar-refractivity contribution in [2.45, 2.75) is 26.2 Å². The van der Waals surface area contributed by atoms with E-state index in [-0.39, 0.29) is 11.5 Å². The van der Waals surface area contributed by atoms with Gasteiger partial charge in [-0.25, -0.2) is 9.78 Å². The minimum absolute atomic E-state index is 0.105. The Bertz CT molecular complexity index is 680. The lowest BCUT2D eigenvalue weighted by molar-refractivity contribution is 0.0697. The fourth-order valence-electron chi connectivity index (χ4n) is 1.90. The molecule has 0 aliphatic carbocycles. The molecule has 0 fully saturated rings. The zero-order chi connectivity index (χ0) is 16.1. The van der Waals surface area contributed by atoms with Crippen molar-refractivity contribution < 1.29 is 14.7 Å². The highest BCUT2D eigenvalue weighted by molar-refractivity contribution is 7.09. The van der Waals surface area contributed by atoms with Gasteiger partial charge in [-0.2, -0.15) is 0 Å². The average Bonchev–Trinajstić information content (AvgIpc) is 2.96. The molecule has 1 aromatic heterocycles. The number of hydrogen-bond donors (Lipinski definition) is 2. The predicted molar refractivity (Wildman–Crippen MR) is 85.6 cm³/mol. The lowest BCUT2D eigenvalue weighted by Gasteiger charge is -2.05. The fourth-order valence-corrected chi connectivity index (χ4v) is 2.77. The Morgan fingerprint density at radius 2 is 2.05 bits per heavy atom. The molecule has 1 heterocycles. The summed E-state index contributed by atoms with van der Waals surface area (Å²) in [5.74, 6) is -0.909. The molecule has 1 aromatic carbocycles. The van der Waals surface area contributed by atoms with E-state index in [0.717, 1.165) is 10.7 Å². The van der Waals surface area contributed by atoms with Crippen molar-refractivity contribution >= 4 is 23.2 Å². The molecule has 0 unspecified atom stereocenters. The van der Waals surface area contributed by atoms with E-state index < -0.39 is 5.97 Å². The molecule has 0 atom stereocenters. The van der Waals surface area contributed by atoms with Gasteiger partial charge in [0.1, 0.15) is 0 Å². The van der Waals surface area contributed by atoms with Crippen molar-refractivity contribution in [2.24, 2.45) is 0 Å². The summed E-state index contributed by atoms with van der Waals surface area (Å²) in [4.78, 5) is 27.4. The van der Waals surface area contributed by atoms with Gasteiger partial charge >= 0.3 is 5.97 Å². The van der Waals surface area contributed by atoms with Crippen LogP contribution in [0.15, 0.2) is 29.6 Å². The predicted octanol–water partition coefficient (Wildman–Crippen LogP) is 2.94. The molecule has 0 spiro atoms. The standard InChI is InChI=1S/C16H18N2O3S/c1-10(2)15-18-13(9-22-15)6-7-17-14(19)11-4-3-5-12(8-11)16(20)21/h3-5,8-10H,6-7H2,1-2H3,(H,17,19)(H,20,21). The van der Waals surface area contributed by atoms with E-state index in [0.29, 0.717) is 24.4 Å². The van der Waals surface area contributed by atoms with Crippen molar-refractivity contribution in [1.29, 1.82) is 0 Å². The van der Waals surface area contributed by atoms with Crippen LogP contribution in [0.1, 0.15) is 51.2 Å². The molecule has 0 saturated carbocycles. The summed E-state index contributed by atoms with van der Waals surface area (Å²) < 4.78 is 0. The van der Waals surface area contributed by atoms with Gasteiger partial charge in [-0.1, -0.05) is 19.9 Å². The smallest absolute Gasteiger partial charge is 0.335 e. The van der Waals surface area contributed by atoms with E-state index >= 15 is 0 Å². The lowest BCUT2D eigenvalue weighted by atomic mass is 10.1. The maximum absolute atomic E-state index is 12.0. The maximum Gasteiger partial charge on any atom is 0.335 e. The Morgan fingerprint density at radius 1 is 1.32 bits per heavy atom. The van der Waals surface area contributed by atoms with E-state index in [2.05, 4.69) is 24.1 Å². The molecule has 2 N–H and O–H groups in total. The zero-order valence-electron chi connectivity index (χ0n) is 12.5. The summed E-state index contributed by atoms with van der Waals surface area (Å²) >= 11 is 1.63. The van der Waals surface area contributed by atoms with Gasteiger partial charge < -0.3 is 10.4 Å². The molecule has 6 heteroatoms. The highest BCUT2D eigenvalue weighted by atomic mass is 32.1. The van der Waals surface area contributed by atoms with Crippen LogP contribution < -0.4 is 5.32 Å². The van der Waals surface area contributed by atoms with Crippen LogP contribution >= 0.6 is 11.3 Å². The summed E-state index contributed by atoms with van der Waals surface area (Å²) in [6.45, 7) is 4.66. The van der Waals surface area contributed by atoms with E-state index in [1.807, 2.05) is 5.38 Å². The number of carbonyl (C=O) groups excluding carboxylic acids is 1. The first kappa shape index (κ1) is 16.2. The highest BCUT2D eigenvalue weighted by Gasteiger charge is 2.10. The van der Waals surface area contributed by atoms with Gasteiger partial charge in [-0.3, -0.25) is 4.79 Å². The quantitative estimate of drug-likeness (QED) is 0.858. The minimum atomic E-state index is -1.04. The summed E-state index contributed by atoms with van der Waals surface area (Å²) in [7, 11) is 0. The molecule has 0 aliphatic heterocycles. The zero-order valence-corrected chi connectivity index (χ0v) is 13.3. The molecule has 0 saturated heterocycles. The molecule has 5 nitrogen and oxygen atoms in total. The normalized spacial score (nSPS) is 10.7. The van der Waals surface area contributed by atoms with Crippen molar-refractivity contribution in [3.05, 3.63) is 51.5 Å². The van der Waals surface area contributed by atoms with Gasteiger partial charge in [0, 0.05) is 29.8 Å². The summed E-state index contributed by atoms with van der Waals surface area (Å²) in [6.07, 6.45) is 0.660. The Labute approximate surface area is 133 Å². The molecule has 2 aromatic rings. The largest absolute Gasteiger partial charge is 0.478 e. The van der Waals surface area contributed by atoms with Crippen molar-refractivity contribution in [1.82, 2.24) is 10.3 Å². The maximum atomic E-state index is 12.0. The first-order chi connectivity index (χ1) is 10.5. The molecule has 2 rings (SSSR count). The van der Waals surface area contributed by atoms with Crippen LogP contribution in [0.25, 0.3) is 0 Å². The SMILES string of the molecule is CC(C)c1nc(CCNC(=O)c2cccc(C(=O)O)c2)cs1. The number of carboxylic acids is 1. The number of carboxylic acid groups (broad SMARTS) is 1. The molecule has 0 aliphatic rings. The number of aromatic carboxylic acids is 1. The van der Waals surface area contributed by atoms with E-state index in [1.165, 1.54) is 12.1 Å². The first-order valence-electron chi connectivity index (χ1n) is 7.03. The second-order valence-corrected chi connectivity index (χ2v) is 6.11. The van der Waals surface area contributed by atoms with Crippen LogP contribution in [0.3, 0.4) is 0 Å². The number of rotatable bonds is 6. The Kier molecular flexibility index (Phi) is 5.27. The van der Waals surface area contributed by atoms with Crippen LogP contribution in [0, 0.1) is 0 Å². The van der Waals surface area contributed by atoms with Gasteiger partial charge in [0.15, 0.2) is 0 Å². The Balaban J connectivity index is 1.89. The van der Waals surface area contributed by atoms with Crippen LogP contribution in [0.4, 0.5) is 0 Å². The van der Waals surface area contributed by atoms with Crippen LogP contribution in [0.2, 0.25) is 0 Å². The lowest BCUT2D eigenvalue weighted by Crippen LogP contribution is -2.26. The van der Waals surface area contributed by atoms with Gasteiger partial charge in [0.25, 0.3) is 5.91 Å². The van der Waals surface area contributed by atoms with E-state index in [4.69, 9.17) is 5.11 Å². The number of amides is 1. The number of benzene rings is 1. The van der Waals surface area contributed by atoms with Crippen molar-refractivity contribution in [3.8, 4) is 0 Å². The van der Waals surface area contributed by atoms with Gasteiger partial charge in [-0.05, 0) is 18.2 Å². The first-order valence-corrected chi connectivity index (χ1v) is 7.91. The highest BCUT2D eigenvalue weighted by Crippen LogP contribution is 2.19. The van der Waals surface area contributed by atoms with Crippen LogP contribution in [0.5, 0.6) is 0 Å². The molecule has 1 amide bonds. The molecular formula is C16H18N2O3S. The second-order valence-electron chi connectivity index (χ2n) is 5.22. The van der Waals surface area contributed by atoms with Gasteiger partial charge in [0.2, 0.25) is 0 Å². The number of nitrogens with zero attached hydrogens (tertiary/aromatic N) is 1. The molecule has 116 valence electrons. The molecule has 22 heavy (non-hydrogen) atoms. The van der Waals surface area contributed by atoms with Crippen molar-refractivity contribution in [2.75, 3.05) is 6.54 Å². The summed E-state index contributed by atoms with van der Waals surface area (Å²) in [6, 6.07) is 5.99. The van der Waals surface area contributed by atoms with Gasteiger partial charge in [-0.15, -0.1) is 11.3 Å². The monoisotopic (exact) mass is 318 g/mol. The number of hydrogen-bond acceptors (Lipinski definition) is 4. The minimum Gasteiger partial charge on any atom is -0.478 e. The van der Waals surface area contributed by atoms with Crippen LogP contribution in [-0.4, -0.2) is 28.5 Å². The Morgan fingerprint density at radius 3 is 2.68 bits per heavy atom. The molecular weight excluding hydrogens is 300 g/mol. The third-order valence-electron chi connectivity index (χ3n) is 3.10. The third kappa shape index (κ3) is 4.14. The fraction of sp³-hybridized carbons (Fsp3) is 0.312. The third-order valence-corrected chi connectivity index (χ3v) is 4.30. The Hall–Kier alpha value is -2.21. The summed E-state index contributed by atoms with van der Waals surface area (Å²) in [5, 5.41) is 14.8. The van der Waals surface area contributed by atoms with Crippen molar-refractivity contribution in [3.63, 3.8) is 0 Å². The molecule has 0 radical (unpaired) electrons.